The van der Waals surface area contributed by atoms with Crippen LogP contribution in [-0.4, -0.2) is 54.4 Å². The van der Waals surface area contributed by atoms with Gasteiger partial charge in [0.1, 0.15) is 23.6 Å². The van der Waals surface area contributed by atoms with Gasteiger partial charge >= 0.3 is 12.1 Å². The largest absolute Gasteiger partial charge is 0.507 e. The number of aromatic hydroxyl groups is 1. The van der Waals surface area contributed by atoms with Crippen LogP contribution in [0.5, 0.6) is 5.75 Å². The first kappa shape index (κ1) is 25.2. The number of carbonyl (C=O) groups is 2. The van der Waals surface area contributed by atoms with Crippen LogP contribution in [0.15, 0.2) is 46.6 Å². The first-order valence-electron chi connectivity index (χ1n) is 8.60. The number of nitrogens with zero attached hydrogens (tertiary/aromatic N) is 3. The lowest BCUT2D eigenvalue weighted by atomic mass is 10.2. The lowest BCUT2D eigenvalue weighted by Crippen LogP contribution is -2.33. The summed E-state index contributed by atoms with van der Waals surface area (Å²) in [5.74, 6) is -1.63. The maximum atomic E-state index is 11.9. The normalized spacial score (nSPS) is 10.5. The van der Waals surface area contributed by atoms with Crippen molar-refractivity contribution in [2.75, 3.05) is 27.2 Å². The molecule has 0 bridgehead atoms. The van der Waals surface area contributed by atoms with Crippen LogP contribution in [0.3, 0.4) is 0 Å². The predicted octanol–water partition coefficient (Wildman–Crippen LogP) is 4.37. The van der Waals surface area contributed by atoms with Gasteiger partial charge in [-0.2, -0.15) is 5.11 Å². The number of hydrogen-bond donors (Lipinski definition) is 3. The van der Waals surface area contributed by atoms with Crippen molar-refractivity contribution in [1.82, 2.24) is 10.2 Å². The van der Waals surface area contributed by atoms with Crippen molar-refractivity contribution < 1.29 is 24.5 Å². The summed E-state index contributed by atoms with van der Waals surface area (Å²) in [5, 5.41) is 29.7. The van der Waals surface area contributed by atoms with Crippen LogP contribution >= 0.6 is 24.0 Å². The van der Waals surface area contributed by atoms with E-state index in [-0.39, 0.29) is 36.0 Å². The molecular formula is C19H22Cl2N4O5. The third kappa shape index (κ3) is 7.18. The molecule has 1 amide bonds. The highest BCUT2D eigenvalue weighted by atomic mass is 35.5. The van der Waals surface area contributed by atoms with Gasteiger partial charge in [-0.15, -0.1) is 17.5 Å². The summed E-state index contributed by atoms with van der Waals surface area (Å²) in [6.45, 7) is 1.24. The number of benzene rings is 2. The SMILES string of the molecule is CNCCN(C)C(=O)OCc1ccc(/N=N/c2ccc(O)c(C(=O)O)c2)c(Cl)c1.Cl. The van der Waals surface area contributed by atoms with E-state index < -0.39 is 12.1 Å². The van der Waals surface area contributed by atoms with Crippen LogP contribution < -0.4 is 5.32 Å². The van der Waals surface area contributed by atoms with Crippen LogP contribution in [0.25, 0.3) is 0 Å². The molecule has 2 aromatic rings. The molecule has 11 heteroatoms. The molecule has 0 aliphatic carbocycles. The molecule has 2 rings (SSSR count). The standard InChI is InChI=1S/C19H21ClN4O5.ClH/c1-21-7-8-24(2)19(28)29-11-12-3-5-16(15(20)9-12)23-22-13-4-6-17(25)14(10-13)18(26)27;/h3-6,9-10,21,25H,7-8,11H2,1-2H3,(H,26,27);1H/b23-22+;. The van der Waals surface area contributed by atoms with Gasteiger partial charge in [-0.1, -0.05) is 17.7 Å². The van der Waals surface area contributed by atoms with E-state index in [0.29, 0.717) is 29.4 Å². The molecule has 0 heterocycles. The molecule has 0 aromatic heterocycles. The third-order valence-corrected chi connectivity index (χ3v) is 4.17. The molecule has 0 saturated heterocycles. The van der Waals surface area contributed by atoms with E-state index in [2.05, 4.69) is 15.5 Å². The predicted molar refractivity (Wildman–Crippen MR) is 115 cm³/mol. The summed E-state index contributed by atoms with van der Waals surface area (Å²) in [5.41, 5.74) is 1.02. The van der Waals surface area contributed by atoms with Gasteiger partial charge in [-0.3, -0.25) is 0 Å². The van der Waals surface area contributed by atoms with Gasteiger partial charge in [0.15, 0.2) is 0 Å². The van der Waals surface area contributed by atoms with Gasteiger partial charge in [0.05, 0.1) is 10.7 Å². The zero-order valence-corrected chi connectivity index (χ0v) is 17.9. The first-order chi connectivity index (χ1) is 13.8. The van der Waals surface area contributed by atoms with E-state index in [1.807, 2.05) is 0 Å². The maximum Gasteiger partial charge on any atom is 0.409 e. The van der Waals surface area contributed by atoms with Crippen molar-refractivity contribution in [2.45, 2.75) is 6.61 Å². The van der Waals surface area contributed by atoms with Gasteiger partial charge in [0.25, 0.3) is 0 Å². The Balaban J connectivity index is 0.00000450. The smallest absolute Gasteiger partial charge is 0.409 e. The second-order valence-corrected chi connectivity index (χ2v) is 6.48. The van der Waals surface area contributed by atoms with Crippen LogP contribution in [-0.2, 0) is 11.3 Å². The number of nitrogens with one attached hydrogen (secondary N) is 1. The van der Waals surface area contributed by atoms with Crippen LogP contribution in [0.4, 0.5) is 16.2 Å². The first-order valence-corrected chi connectivity index (χ1v) is 8.98. The monoisotopic (exact) mass is 456 g/mol. The summed E-state index contributed by atoms with van der Waals surface area (Å²) in [4.78, 5) is 24.4. The van der Waals surface area contributed by atoms with Gasteiger partial charge in [-0.05, 0) is 42.9 Å². The van der Waals surface area contributed by atoms with Crippen LogP contribution in [0.2, 0.25) is 5.02 Å². The van der Waals surface area contributed by atoms with Crippen molar-refractivity contribution in [1.29, 1.82) is 0 Å². The molecule has 0 atom stereocenters. The van der Waals surface area contributed by atoms with Gasteiger partial charge < -0.3 is 25.2 Å². The van der Waals surface area contributed by atoms with Crippen LogP contribution in [0.1, 0.15) is 15.9 Å². The van der Waals surface area contributed by atoms with Crippen molar-refractivity contribution in [3.05, 3.63) is 52.5 Å². The minimum atomic E-state index is -1.27. The second kappa shape index (κ2) is 12.0. The van der Waals surface area contributed by atoms with E-state index in [1.54, 1.807) is 32.3 Å². The Labute approximate surface area is 184 Å². The molecular weight excluding hydrogens is 435 g/mol. The molecule has 30 heavy (non-hydrogen) atoms. The highest BCUT2D eigenvalue weighted by Crippen LogP contribution is 2.29. The Morgan fingerprint density at radius 1 is 1.20 bits per heavy atom. The molecule has 0 saturated carbocycles. The molecule has 2 aromatic carbocycles. The summed E-state index contributed by atoms with van der Waals surface area (Å²) in [6.07, 6.45) is -0.443. The Morgan fingerprint density at radius 3 is 2.57 bits per heavy atom. The lowest BCUT2D eigenvalue weighted by Gasteiger charge is -2.16. The maximum absolute atomic E-state index is 11.9. The number of carboxylic acid groups (broad SMARTS) is 1. The number of azo groups is 1. The summed E-state index contributed by atoms with van der Waals surface area (Å²) in [6, 6.07) is 8.77. The number of ether oxygens (including phenoxy) is 1. The van der Waals surface area contributed by atoms with Gasteiger partial charge in [0.2, 0.25) is 0 Å². The van der Waals surface area contributed by atoms with E-state index in [4.69, 9.17) is 21.4 Å². The molecule has 0 fully saturated rings. The zero-order valence-electron chi connectivity index (χ0n) is 16.3. The number of rotatable bonds is 8. The fourth-order valence-corrected chi connectivity index (χ4v) is 2.46. The van der Waals surface area contributed by atoms with Crippen molar-refractivity contribution in [3.8, 4) is 5.75 Å². The Bertz CT molecular complexity index is 924. The highest BCUT2D eigenvalue weighted by Gasteiger charge is 2.11. The number of halogens is 2. The number of phenols is 1. The average Bonchev–Trinajstić information content (AvgIpc) is 2.70. The fraction of sp³-hybridized carbons (Fsp3) is 0.263. The molecule has 9 nitrogen and oxygen atoms in total. The summed E-state index contributed by atoms with van der Waals surface area (Å²) in [7, 11) is 3.45. The Hall–Kier alpha value is -2.88. The average molecular weight is 457 g/mol. The van der Waals surface area contributed by atoms with E-state index in [1.165, 1.54) is 23.1 Å². The van der Waals surface area contributed by atoms with Crippen molar-refractivity contribution >= 4 is 47.4 Å². The molecule has 162 valence electrons. The topological polar surface area (TPSA) is 124 Å². The number of amides is 1. The quantitative estimate of drug-likeness (QED) is 0.506. The van der Waals surface area contributed by atoms with E-state index in [0.717, 1.165) is 0 Å². The second-order valence-electron chi connectivity index (χ2n) is 6.07. The number of likely N-dealkylation sites (N-methyl/N-ethyl adjacent to an activating group) is 2. The van der Waals surface area contributed by atoms with Gasteiger partial charge in [-0.25, -0.2) is 9.59 Å². The van der Waals surface area contributed by atoms with E-state index in [9.17, 15) is 14.7 Å². The lowest BCUT2D eigenvalue weighted by molar-refractivity contribution is 0.0693. The summed E-state index contributed by atoms with van der Waals surface area (Å²) >= 11 is 6.20. The van der Waals surface area contributed by atoms with Crippen LogP contribution in [0, 0.1) is 0 Å². The Morgan fingerprint density at radius 2 is 1.93 bits per heavy atom. The number of carbonyl (C=O) groups excluding carboxylic acids is 1. The molecule has 3 N–H and O–H groups in total. The van der Waals surface area contributed by atoms with Crippen molar-refractivity contribution in [2.24, 2.45) is 10.2 Å². The minimum absolute atomic E-state index is 0. The Kier molecular flexibility index (Phi) is 10.0. The molecule has 0 unspecified atom stereocenters. The molecule has 0 aliphatic heterocycles. The minimum Gasteiger partial charge on any atom is -0.507 e. The molecule has 0 radical (unpaired) electrons. The number of aromatic carboxylic acids is 1. The highest BCUT2D eigenvalue weighted by molar-refractivity contribution is 6.33. The van der Waals surface area contributed by atoms with Gasteiger partial charge in [0, 0.05) is 20.1 Å². The van der Waals surface area contributed by atoms with Crippen molar-refractivity contribution in [3.63, 3.8) is 0 Å². The summed E-state index contributed by atoms with van der Waals surface area (Å²) < 4.78 is 5.23. The third-order valence-electron chi connectivity index (χ3n) is 3.87. The zero-order chi connectivity index (χ0) is 21.4. The molecule has 0 spiro atoms. The van der Waals surface area contributed by atoms with E-state index >= 15 is 0 Å². The fourth-order valence-electron chi connectivity index (χ4n) is 2.22. The molecule has 0 aliphatic rings. The number of hydrogen-bond acceptors (Lipinski definition) is 7. The number of carboxylic acids is 1.